The lowest BCUT2D eigenvalue weighted by Gasteiger charge is -2.25. The standard InChI is InChI=1S/C24H18N4O6/c29-21(26-27-22(30)20-13-33-18-8-4-5-9-19(18)34-20)14-10-11-16-17(12-14)25-24(32)28(23(16)31)15-6-2-1-3-7-15/h1-12,20H,13H2,(H,25,32)(H,26,29)(H,27,30). The minimum absolute atomic E-state index is 0.0103. The third kappa shape index (κ3) is 3.88. The SMILES string of the molecule is O=C(NNC(=O)C1COc2ccccc2O1)c1ccc2c(=O)n(-c3ccccc3)c(=O)[nH]c2c1. The van der Waals surface area contributed by atoms with Crippen molar-refractivity contribution in [3.05, 3.63) is 99.2 Å². The van der Waals surface area contributed by atoms with E-state index in [0.29, 0.717) is 17.2 Å². The first-order valence-electron chi connectivity index (χ1n) is 10.3. The number of ether oxygens (including phenoxy) is 2. The minimum atomic E-state index is -0.945. The van der Waals surface area contributed by atoms with Crippen LogP contribution in [0.15, 0.2) is 82.4 Å². The van der Waals surface area contributed by atoms with Gasteiger partial charge in [-0.1, -0.05) is 30.3 Å². The van der Waals surface area contributed by atoms with Crippen LogP contribution >= 0.6 is 0 Å². The number of aromatic amines is 1. The molecule has 0 saturated carbocycles. The van der Waals surface area contributed by atoms with E-state index < -0.39 is 29.2 Å². The Balaban J connectivity index is 1.32. The van der Waals surface area contributed by atoms with Crippen LogP contribution in [0, 0.1) is 0 Å². The van der Waals surface area contributed by atoms with Crippen LogP contribution in [0.5, 0.6) is 11.5 Å². The zero-order valence-electron chi connectivity index (χ0n) is 17.6. The Morgan fingerprint density at radius 1 is 0.912 bits per heavy atom. The molecule has 5 rings (SSSR count). The summed E-state index contributed by atoms with van der Waals surface area (Å²) in [5.41, 5.74) is 4.21. The summed E-state index contributed by atoms with van der Waals surface area (Å²) in [7, 11) is 0. The van der Waals surface area contributed by atoms with Crippen molar-refractivity contribution < 1.29 is 19.1 Å². The monoisotopic (exact) mass is 458 g/mol. The molecule has 0 fully saturated rings. The number of hydrogen-bond acceptors (Lipinski definition) is 6. The fraction of sp³-hybridized carbons (Fsp3) is 0.0833. The van der Waals surface area contributed by atoms with Crippen molar-refractivity contribution in [2.24, 2.45) is 0 Å². The molecule has 2 heterocycles. The number of fused-ring (bicyclic) bond motifs is 2. The molecule has 1 atom stereocenters. The van der Waals surface area contributed by atoms with Crippen molar-refractivity contribution in [1.29, 1.82) is 0 Å². The van der Waals surface area contributed by atoms with Crippen LogP contribution in [0.25, 0.3) is 16.6 Å². The highest BCUT2D eigenvalue weighted by atomic mass is 16.6. The molecule has 10 nitrogen and oxygen atoms in total. The van der Waals surface area contributed by atoms with Crippen LogP contribution in [-0.4, -0.2) is 34.1 Å². The van der Waals surface area contributed by atoms with Crippen LogP contribution in [0.1, 0.15) is 10.4 Å². The quantitative estimate of drug-likeness (QED) is 0.397. The van der Waals surface area contributed by atoms with Gasteiger partial charge in [-0.3, -0.25) is 25.2 Å². The number of amides is 2. The smallest absolute Gasteiger partial charge is 0.333 e. The van der Waals surface area contributed by atoms with E-state index in [4.69, 9.17) is 9.47 Å². The first-order chi connectivity index (χ1) is 16.5. The number of carbonyl (C=O) groups excluding carboxylic acids is 2. The molecule has 34 heavy (non-hydrogen) atoms. The van der Waals surface area contributed by atoms with E-state index in [-0.39, 0.29) is 23.1 Å². The lowest BCUT2D eigenvalue weighted by molar-refractivity contribution is -0.131. The molecule has 0 bridgehead atoms. The second-order valence-electron chi connectivity index (χ2n) is 7.47. The summed E-state index contributed by atoms with van der Waals surface area (Å²) < 4.78 is 12.1. The maximum Gasteiger partial charge on any atom is 0.333 e. The van der Waals surface area contributed by atoms with Gasteiger partial charge < -0.3 is 14.5 Å². The van der Waals surface area contributed by atoms with Crippen LogP contribution in [0.3, 0.4) is 0 Å². The number of nitrogens with zero attached hydrogens (tertiary/aromatic N) is 1. The second kappa shape index (κ2) is 8.58. The summed E-state index contributed by atoms with van der Waals surface area (Å²) >= 11 is 0. The van der Waals surface area contributed by atoms with E-state index in [0.717, 1.165) is 4.57 Å². The first kappa shape index (κ1) is 21.0. The van der Waals surface area contributed by atoms with E-state index in [1.54, 1.807) is 54.6 Å². The third-order valence-electron chi connectivity index (χ3n) is 5.27. The highest BCUT2D eigenvalue weighted by Gasteiger charge is 2.27. The Kier molecular flexibility index (Phi) is 5.30. The highest BCUT2D eigenvalue weighted by Crippen LogP contribution is 2.30. The molecule has 2 amide bonds. The molecule has 0 saturated heterocycles. The second-order valence-corrected chi connectivity index (χ2v) is 7.47. The number of H-pyrrole nitrogens is 1. The van der Waals surface area contributed by atoms with Crippen molar-refractivity contribution >= 4 is 22.7 Å². The number of aromatic nitrogens is 2. The summed E-state index contributed by atoms with van der Waals surface area (Å²) in [4.78, 5) is 53.0. The average Bonchev–Trinajstić information content (AvgIpc) is 2.87. The van der Waals surface area contributed by atoms with Gasteiger partial charge in [-0.05, 0) is 42.5 Å². The van der Waals surface area contributed by atoms with Crippen molar-refractivity contribution in [2.75, 3.05) is 6.61 Å². The molecule has 0 radical (unpaired) electrons. The first-order valence-corrected chi connectivity index (χ1v) is 10.3. The maximum absolute atomic E-state index is 12.9. The van der Waals surface area contributed by atoms with Gasteiger partial charge in [-0.25, -0.2) is 9.36 Å². The Hall–Kier alpha value is -4.86. The molecule has 170 valence electrons. The number of hydrazine groups is 1. The van der Waals surface area contributed by atoms with Gasteiger partial charge in [-0.2, -0.15) is 0 Å². The summed E-state index contributed by atoms with van der Waals surface area (Å²) in [6.07, 6.45) is -0.945. The van der Waals surface area contributed by atoms with Gasteiger partial charge in [0.1, 0.15) is 6.61 Å². The van der Waals surface area contributed by atoms with Gasteiger partial charge in [0.05, 0.1) is 16.6 Å². The fourth-order valence-electron chi connectivity index (χ4n) is 3.59. The molecule has 3 aromatic carbocycles. The van der Waals surface area contributed by atoms with Crippen molar-refractivity contribution in [1.82, 2.24) is 20.4 Å². The number of nitrogens with one attached hydrogen (secondary N) is 3. The molecular weight excluding hydrogens is 440 g/mol. The van der Waals surface area contributed by atoms with E-state index in [2.05, 4.69) is 15.8 Å². The maximum atomic E-state index is 12.9. The van der Waals surface area contributed by atoms with Crippen molar-refractivity contribution in [3.63, 3.8) is 0 Å². The molecule has 10 heteroatoms. The van der Waals surface area contributed by atoms with Crippen LogP contribution < -0.4 is 31.6 Å². The normalized spacial score (nSPS) is 14.4. The zero-order chi connectivity index (χ0) is 23.7. The molecule has 1 unspecified atom stereocenters. The molecule has 1 aromatic heterocycles. The lowest BCUT2D eigenvalue weighted by Crippen LogP contribution is -2.50. The number of hydrogen-bond donors (Lipinski definition) is 3. The summed E-state index contributed by atoms with van der Waals surface area (Å²) in [5.74, 6) is -0.268. The summed E-state index contributed by atoms with van der Waals surface area (Å²) in [5, 5.41) is 0.232. The molecule has 4 aromatic rings. The van der Waals surface area contributed by atoms with Gasteiger partial charge in [0.2, 0.25) is 6.10 Å². The number of benzene rings is 3. The molecule has 0 aliphatic carbocycles. The van der Waals surface area contributed by atoms with Gasteiger partial charge >= 0.3 is 5.69 Å². The number of para-hydroxylation sites is 3. The Labute approximate surface area is 191 Å². The molecular formula is C24H18N4O6. The van der Waals surface area contributed by atoms with Gasteiger partial charge in [0, 0.05) is 5.56 Å². The Bertz CT molecular complexity index is 1530. The zero-order valence-corrected chi connectivity index (χ0v) is 17.6. The number of rotatable bonds is 3. The van der Waals surface area contributed by atoms with E-state index >= 15 is 0 Å². The Morgan fingerprint density at radius 2 is 1.65 bits per heavy atom. The number of carbonyl (C=O) groups is 2. The predicted octanol–water partition coefficient (Wildman–Crippen LogP) is 1.28. The van der Waals surface area contributed by atoms with Crippen LogP contribution in [-0.2, 0) is 4.79 Å². The van der Waals surface area contributed by atoms with Crippen LogP contribution in [0.2, 0.25) is 0 Å². The van der Waals surface area contributed by atoms with Gasteiger partial charge in [-0.15, -0.1) is 0 Å². The molecule has 0 spiro atoms. The van der Waals surface area contributed by atoms with Gasteiger partial charge in [0.15, 0.2) is 11.5 Å². The average molecular weight is 458 g/mol. The topological polar surface area (TPSA) is 132 Å². The fourth-order valence-corrected chi connectivity index (χ4v) is 3.59. The molecule has 3 N–H and O–H groups in total. The summed E-state index contributed by atoms with van der Waals surface area (Å²) in [6.45, 7) is -0.0103. The molecule has 1 aliphatic rings. The third-order valence-corrected chi connectivity index (χ3v) is 5.27. The predicted molar refractivity (Wildman–Crippen MR) is 122 cm³/mol. The summed E-state index contributed by atoms with van der Waals surface area (Å²) in [6, 6.07) is 19.7. The largest absolute Gasteiger partial charge is 0.485 e. The molecule has 1 aliphatic heterocycles. The lowest BCUT2D eigenvalue weighted by atomic mass is 10.1. The van der Waals surface area contributed by atoms with E-state index in [1.165, 1.54) is 18.2 Å². The van der Waals surface area contributed by atoms with E-state index in [9.17, 15) is 19.2 Å². The van der Waals surface area contributed by atoms with E-state index in [1.807, 2.05) is 0 Å². The highest BCUT2D eigenvalue weighted by molar-refractivity contribution is 5.98. The van der Waals surface area contributed by atoms with Crippen LogP contribution in [0.4, 0.5) is 0 Å². The van der Waals surface area contributed by atoms with Crippen molar-refractivity contribution in [3.8, 4) is 17.2 Å². The van der Waals surface area contributed by atoms with Crippen molar-refractivity contribution in [2.45, 2.75) is 6.10 Å². The van der Waals surface area contributed by atoms with Gasteiger partial charge in [0.25, 0.3) is 17.4 Å². The minimum Gasteiger partial charge on any atom is -0.485 e. The Morgan fingerprint density at radius 3 is 2.44 bits per heavy atom.